The fourth-order valence-corrected chi connectivity index (χ4v) is 7.03. The van der Waals surface area contributed by atoms with Crippen LogP contribution in [0.3, 0.4) is 0 Å². The maximum Gasteiger partial charge on any atom is 0.245 e. The van der Waals surface area contributed by atoms with Gasteiger partial charge in [-0.2, -0.15) is 0 Å². The first-order valence-corrected chi connectivity index (χ1v) is 14.7. The molecule has 2 bridgehead atoms. The number of fused-ring (bicyclic) bond motifs is 1. The maximum absolute atomic E-state index is 14.3. The van der Waals surface area contributed by atoms with Crippen molar-refractivity contribution in [2.45, 2.75) is 96.4 Å². The summed E-state index contributed by atoms with van der Waals surface area (Å²) in [6.07, 6.45) is 4.15. The molecule has 1 spiro atoms. The van der Waals surface area contributed by atoms with E-state index in [-0.39, 0.29) is 30.2 Å². The lowest BCUT2D eigenvalue weighted by Crippen LogP contribution is -2.59. The molecule has 0 radical (unpaired) electrons. The van der Waals surface area contributed by atoms with Crippen molar-refractivity contribution in [1.82, 2.24) is 10.2 Å². The first-order chi connectivity index (χ1) is 18.7. The van der Waals surface area contributed by atoms with Gasteiger partial charge in [-0.15, -0.1) is 0 Å². The number of aliphatic hydroxyl groups is 1. The highest BCUT2D eigenvalue weighted by Crippen LogP contribution is 2.64. The van der Waals surface area contributed by atoms with Crippen LogP contribution in [0.15, 0.2) is 24.3 Å². The molecule has 3 aliphatic rings. The van der Waals surface area contributed by atoms with Crippen LogP contribution >= 0.6 is 0 Å². The number of likely N-dealkylation sites (tertiary alicyclic amines) is 1. The van der Waals surface area contributed by atoms with Gasteiger partial charge in [-0.1, -0.05) is 40.5 Å². The Kier molecular flexibility index (Phi) is 8.91. The van der Waals surface area contributed by atoms with Crippen molar-refractivity contribution in [3.63, 3.8) is 0 Å². The normalized spacial score (nSPS) is 30.7. The third-order valence-electron chi connectivity index (χ3n) is 9.26. The topological polar surface area (TPSA) is 117 Å². The number of amides is 3. The van der Waals surface area contributed by atoms with Crippen LogP contribution in [0.25, 0.3) is 0 Å². The van der Waals surface area contributed by atoms with Crippen LogP contribution in [0, 0.1) is 17.8 Å². The molecule has 0 aromatic heterocycles. The Morgan fingerprint density at radius 1 is 1.15 bits per heavy atom. The summed E-state index contributed by atoms with van der Waals surface area (Å²) < 4.78 is 12.3. The number of benzene rings is 1. The van der Waals surface area contributed by atoms with Gasteiger partial charge >= 0.3 is 0 Å². The number of carbonyl (C=O) groups is 3. The molecule has 9 heteroatoms. The third-order valence-corrected chi connectivity index (χ3v) is 9.26. The van der Waals surface area contributed by atoms with E-state index in [1.165, 1.54) is 0 Å². The molecule has 216 valence electrons. The summed E-state index contributed by atoms with van der Waals surface area (Å²) in [5, 5.41) is 16.5. The number of aliphatic hydroxyl groups excluding tert-OH is 1. The number of carbonyl (C=O) groups excluding carboxylic acids is 3. The lowest BCUT2D eigenvalue weighted by Gasteiger charge is -2.39. The minimum absolute atomic E-state index is 0.0337. The van der Waals surface area contributed by atoms with Gasteiger partial charge in [0.2, 0.25) is 17.7 Å². The Bertz CT molecular complexity index is 1050. The standard InChI is InChI=1S/C30H45N3O6/c1-6-10-17-31-27(36)25-30-16-15-29(8-3,39-30)23(24(30)28(37)33(25)22(18-34)19(5)7-2)26(35)32-20-11-13-21(14-12-20)38-9-4/h11-14,19,22-25,34H,6-10,15-18H2,1-5H3,(H,31,36)(H,32,35)/t19-,22-,23-,24-,25?,29+,30?/m0/s1. The van der Waals surface area contributed by atoms with Gasteiger partial charge in [-0.3, -0.25) is 14.4 Å². The zero-order chi connectivity index (χ0) is 28.4. The molecule has 3 saturated heterocycles. The average molecular weight is 544 g/mol. The molecular weight excluding hydrogens is 498 g/mol. The number of hydrogen-bond donors (Lipinski definition) is 3. The Balaban J connectivity index is 1.71. The van der Waals surface area contributed by atoms with E-state index in [0.717, 1.165) is 19.3 Å². The zero-order valence-electron chi connectivity index (χ0n) is 24.0. The van der Waals surface area contributed by atoms with Gasteiger partial charge in [0.05, 0.1) is 36.7 Å². The van der Waals surface area contributed by atoms with Crippen LogP contribution < -0.4 is 15.4 Å². The highest BCUT2D eigenvalue weighted by molar-refractivity contribution is 6.02. The first kappa shape index (κ1) is 29.3. The van der Waals surface area contributed by atoms with Crippen molar-refractivity contribution in [1.29, 1.82) is 0 Å². The second kappa shape index (κ2) is 11.8. The van der Waals surface area contributed by atoms with Crippen molar-refractivity contribution < 1.29 is 29.0 Å². The number of anilines is 1. The first-order valence-electron chi connectivity index (χ1n) is 14.7. The van der Waals surface area contributed by atoms with Gasteiger partial charge in [-0.05, 0) is 62.8 Å². The number of nitrogens with zero attached hydrogens (tertiary/aromatic N) is 1. The van der Waals surface area contributed by atoms with E-state index in [4.69, 9.17) is 9.47 Å². The summed E-state index contributed by atoms with van der Waals surface area (Å²) in [7, 11) is 0. The van der Waals surface area contributed by atoms with E-state index < -0.39 is 35.1 Å². The van der Waals surface area contributed by atoms with Crippen molar-refractivity contribution in [2.75, 3.05) is 25.1 Å². The minimum Gasteiger partial charge on any atom is -0.494 e. The fourth-order valence-electron chi connectivity index (χ4n) is 7.03. The Labute approximate surface area is 232 Å². The number of ether oxygens (including phenoxy) is 2. The molecule has 39 heavy (non-hydrogen) atoms. The summed E-state index contributed by atoms with van der Waals surface area (Å²) in [5.41, 5.74) is -1.32. The predicted molar refractivity (Wildman–Crippen MR) is 148 cm³/mol. The van der Waals surface area contributed by atoms with Crippen LogP contribution in [0.5, 0.6) is 5.75 Å². The van der Waals surface area contributed by atoms with Gasteiger partial charge in [-0.25, -0.2) is 0 Å². The van der Waals surface area contributed by atoms with Crippen LogP contribution in [-0.2, 0) is 19.1 Å². The third kappa shape index (κ3) is 4.92. The molecule has 0 saturated carbocycles. The number of unbranched alkanes of at least 4 members (excludes halogenated alkanes) is 1. The van der Waals surface area contributed by atoms with Crippen molar-refractivity contribution in [2.24, 2.45) is 17.8 Å². The van der Waals surface area contributed by atoms with Crippen LogP contribution in [-0.4, -0.2) is 70.8 Å². The number of nitrogens with one attached hydrogen (secondary N) is 2. The SMILES string of the molecule is CCCCNC(=O)C1N([C@@H](CO)[C@@H](C)CC)C(=O)[C@@H]2[C@@H](C(=O)Nc3ccc(OCC)cc3)[C@@]3(CC)CCC12O3. The monoisotopic (exact) mass is 543 g/mol. The quantitative estimate of drug-likeness (QED) is 0.328. The highest BCUT2D eigenvalue weighted by Gasteiger charge is 2.79. The molecule has 0 aliphatic carbocycles. The molecule has 3 aliphatic heterocycles. The molecule has 1 aromatic carbocycles. The summed E-state index contributed by atoms with van der Waals surface area (Å²) in [6, 6.07) is 5.72. The van der Waals surface area contributed by atoms with E-state index in [2.05, 4.69) is 17.6 Å². The fraction of sp³-hybridized carbons (Fsp3) is 0.700. The smallest absolute Gasteiger partial charge is 0.245 e. The van der Waals surface area contributed by atoms with Gasteiger partial charge in [0.25, 0.3) is 0 Å². The van der Waals surface area contributed by atoms with Crippen LogP contribution in [0.1, 0.15) is 73.1 Å². The van der Waals surface area contributed by atoms with Crippen LogP contribution in [0.2, 0.25) is 0 Å². The summed E-state index contributed by atoms with van der Waals surface area (Å²) in [5.74, 6) is -1.68. The van der Waals surface area contributed by atoms with Crippen molar-refractivity contribution in [3.05, 3.63) is 24.3 Å². The maximum atomic E-state index is 14.3. The molecule has 3 heterocycles. The molecule has 4 rings (SSSR count). The molecular formula is C30H45N3O6. The molecule has 7 atom stereocenters. The van der Waals surface area contributed by atoms with E-state index >= 15 is 0 Å². The van der Waals surface area contributed by atoms with Crippen molar-refractivity contribution in [3.8, 4) is 5.75 Å². The second-order valence-electron chi connectivity index (χ2n) is 11.3. The van der Waals surface area contributed by atoms with Crippen LogP contribution in [0.4, 0.5) is 5.69 Å². The van der Waals surface area contributed by atoms with Gasteiger partial charge < -0.3 is 30.1 Å². The Hall–Kier alpha value is -2.65. The minimum atomic E-state index is -1.11. The number of hydrogen-bond acceptors (Lipinski definition) is 6. The number of rotatable bonds is 13. The molecule has 3 amide bonds. The summed E-state index contributed by atoms with van der Waals surface area (Å²) >= 11 is 0. The molecule has 9 nitrogen and oxygen atoms in total. The van der Waals surface area contributed by atoms with E-state index in [0.29, 0.717) is 43.9 Å². The summed E-state index contributed by atoms with van der Waals surface area (Å²) in [4.78, 5) is 43.7. The van der Waals surface area contributed by atoms with Gasteiger partial charge in [0.1, 0.15) is 17.4 Å². The van der Waals surface area contributed by atoms with Crippen molar-refractivity contribution >= 4 is 23.4 Å². The predicted octanol–water partition coefficient (Wildman–Crippen LogP) is 3.50. The lowest BCUT2D eigenvalue weighted by molar-refractivity contribution is -0.151. The summed E-state index contributed by atoms with van der Waals surface area (Å²) in [6.45, 7) is 10.7. The Morgan fingerprint density at radius 3 is 2.46 bits per heavy atom. The lowest BCUT2D eigenvalue weighted by atomic mass is 9.65. The molecule has 3 N–H and O–H groups in total. The molecule has 3 fully saturated rings. The van der Waals surface area contributed by atoms with E-state index in [1.54, 1.807) is 29.2 Å². The average Bonchev–Trinajstić information content (AvgIpc) is 3.54. The van der Waals surface area contributed by atoms with E-state index in [9.17, 15) is 19.5 Å². The zero-order valence-corrected chi connectivity index (χ0v) is 24.0. The largest absolute Gasteiger partial charge is 0.494 e. The molecule has 1 aromatic rings. The molecule has 2 unspecified atom stereocenters. The second-order valence-corrected chi connectivity index (χ2v) is 11.3. The Morgan fingerprint density at radius 2 is 1.87 bits per heavy atom. The van der Waals surface area contributed by atoms with Gasteiger partial charge in [0.15, 0.2) is 0 Å². The highest BCUT2D eigenvalue weighted by atomic mass is 16.5. The van der Waals surface area contributed by atoms with E-state index in [1.807, 2.05) is 27.7 Å². The van der Waals surface area contributed by atoms with Gasteiger partial charge in [0, 0.05) is 12.2 Å².